The summed E-state index contributed by atoms with van der Waals surface area (Å²) in [5, 5.41) is 4.13. The number of anilines is 1. The lowest BCUT2D eigenvalue weighted by Crippen LogP contribution is -2.30. The lowest BCUT2D eigenvalue weighted by atomic mass is 10.0. The van der Waals surface area contributed by atoms with Crippen LogP contribution >= 0.6 is 12.2 Å². The molecular formula is C24H19N5O2S. The molecule has 0 bridgehead atoms. The Morgan fingerprint density at radius 3 is 2.72 bits per heavy atom. The summed E-state index contributed by atoms with van der Waals surface area (Å²) in [6.07, 6.45) is 7.47. The standard InChI is InChI=1S/C24H19N5O2S/c32-24-27-22(18-6-1-2-11-26-18)23(19-7-4-12-28(19)17-5-3-10-25-14-17)29(24)16-8-9-20-21(13-16)31-15-30-20/h1-14,22-23H,15H2,(H,27,32)/t22-,23-/m0/s1. The highest BCUT2D eigenvalue weighted by Crippen LogP contribution is 2.44. The highest BCUT2D eigenvalue weighted by atomic mass is 32.1. The summed E-state index contributed by atoms with van der Waals surface area (Å²) in [7, 11) is 0. The fraction of sp³-hybridized carbons (Fsp3) is 0.125. The molecule has 2 atom stereocenters. The van der Waals surface area contributed by atoms with Gasteiger partial charge >= 0.3 is 0 Å². The van der Waals surface area contributed by atoms with Gasteiger partial charge in [-0.25, -0.2) is 0 Å². The molecule has 5 heterocycles. The van der Waals surface area contributed by atoms with Crippen molar-refractivity contribution in [3.63, 3.8) is 0 Å². The first-order valence-electron chi connectivity index (χ1n) is 10.3. The van der Waals surface area contributed by atoms with E-state index in [1.807, 2.05) is 67.0 Å². The first-order valence-corrected chi connectivity index (χ1v) is 10.7. The van der Waals surface area contributed by atoms with Crippen LogP contribution in [0.4, 0.5) is 5.69 Å². The predicted molar refractivity (Wildman–Crippen MR) is 124 cm³/mol. The van der Waals surface area contributed by atoms with Crippen molar-refractivity contribution in [1.82, 2.24) is 19.9 Å². The van der Waals surface area contributed by atoms with E-state index < -0.39 is 0 Å². The van der Waals surface area contributed by atoms with Crippen LogP contribution in [0.3, 0.4) is 0 Å². The average Bonchev–Trinajstić information content (AvgIpc) is 3.57. The number of nitrogens with zero attached hydrogens (tertiary/aromatic N) is 4. The minimum absolute atomic E-state index is 0.139. The van der Waals surface area contributed by atoms with Crippen LogP contribution in [0.1, 0.15) is 23.5 Å². The van der Waals surface area contributed by atoms with Crippen molar-refractivity contribution in [3.8, 4) is 17.2 Å². The summed E-state index contributed by atoms with van der Waals surface area (Å²) >= 11 is 5.83. The van der Waals surface area contributed by atoms with Gasteiger partial charge in [0.25, 0.3) is 0 Å². The topological polar surface area (TPSA) is 64.4 Å². The van der Waals surface area contributed by atoms with Gasteiger partial charge in [-0.1, -0.05) is 6.07 Å². The van der Waals surface area contributed by atoms with Gasteiger partial charge < -0.3 is 24.3 Å². The number of aromatic nitrogens is 3. The van der Waals surface area contributed by atoms with E-state index in [0.717, 1.165) is 28.5 Å². The second-order valence-corrected chi connectivity index (χ2v) is 7.94. The molecule has 1 N–H and O–H groups in total. The zero-order chi connectivity index (χ0) is 21.5. The summed E-state index contributed by atoms with van der Waals surface area (Å²) in [4.78, 5) is 11.1. The summed E-state index contributed by atoms with van der Waals surface area (Å²) in [5.74, 6) is 1.45. The molecule has 3 aromatic heterocycles. The monoisotopic (exact) mass is 441 g/mol. The summed E-state index contributed by atoms with van der Waals surface area (Å²) < 4.78 is 13.3. The molecular weight excluding hydrogens is 422 g/mol. The molecule has 4 aromatic rings. The van der Waals surface area contributed by atoms with Gasteiger partial charge in [0.1, 0.15) is 6.04 Å². The SMILES string of the molecule is S=C1N[C@@H](c2ccccn2)[C@H](c2cccn2-c2cccnc2)N1c1ccc2c(c1)OCO2. The second kappa shape index (κ2) is 7.65. The predicted octanol–water partition coefficient (Wildman–Crippen LogP) is 4.17. The highest BCUT2D eigenvalue weighted by Gasteiger charge is 2.42. The molecule has 6 rings (SSSR count). The Bertz CT molecular complexity index is 1280. The largest absolute Gasteiger partial charge is 0.454 e. The Labute approximate surface area is 190 Å². The van der Waals surface area contributed by atoms with Gasteiger partial charge in [-0.15, -0.1) is 0 Å². The molecule has 0 aliphatic carbocycles. The Kier molecular flexibility index (Phi) is 4.50. The van der Waals surface area contributed by atoms with Gasteiger partial charge in [0.2, 0.25) is 6.79 Å². The summed E-state index contributed by atoms with van der Waals surface area (Å²) in [6.45, 7) is 0.228. The van der Waals surface area contributed by atoms with E-state index in [4.69, 9.17) is 21.7 Å². The van der Waals surface area contributed by atoms with Crippen molar-refractivity contribution in [2.45, 2.75) is 12.1 Å². The zero-order valence-electron chi connectivity index (χ0n) is 17.0. The van der Waals surface area contributed by atoms with Gasteiger partial charge in [-0.3, -0.25) is 9.97 Å². The molecule has 0 unspecified atom stereocenters. The molecule has 0 amide bonds. The molecule has 2 aliphatic heterocycles. The average molecular weight is 442 g/mol. The van der Waals surface area contributed by atoms with Crippen LogP contribution in [0.15, 0.2) is 85.5 Å². The first-order chi connectivity index (χ1) is 15.8. The molecule has 2 aliphatic rings. The van der Waals surface area contributed by atoms with E-state index >= 15 is 0 Å². The number of pyridine rings is 2. The first kappa shape index (κ1) is 18.8. The van der Waals surface area contributed by atoms with Gasteiger partial charge in [0.05, 0.1) is 23.6 Å². The third-order valence-corrected chi connectivity index (χ3v) is 6.05. The third-order valence-electron chi connectivity index (χ3n) is 5.74. The molecule has 32 heavy (non-hydrogen) atoms. The molecule has 1 saturated heterocycles. The lowest BCUT2D eigenvalue weighted by molar-refractivity contribution is 0.174. The normalized spacial score (nSPS) is 19.2. The number of thiocarbonyl (C=S) groups is 1. The van der Waals surface area contributed by atoms with E-state index in [-0.39, 0.29) is 18.9 Å². The number of fused-ring (bicyclic) bond motifs is 1. The van der Waals surface area contributed by atoms with Crippen LogP contribution < -0.4 is 19.7 Å². The zero-order valence-corrected chi connectivity index (χ0v) is 17.8. The van der Waals surface area contributed by atoms with E-state index in [9.17, 15) is 0 Å². The van der Waals surface area contributed by atoms with E-state index in [1.54, 1.807) is 12.4 Å². The van der Waals surface area contributed by atoms with Crippen molar-refractivity contribution in [2.24, 2.45) is 0 Å². The van der Waals surface area contributed by atoms with E-state index in [2.05, 4.69) is 30.8 Å². The number of ether oxygens (including phenoxy) is 2. The summed E-state index contributed by atoms with van der Waals surface area (Å²) in [5.41, 5.74) is 3.89. The molecule has 1 aromatic carbocycles. The van der Waals surface area contributed by atoms with Gasteiger partial charge in [0.15, 0.2) is 16.6 Å². The highest BCUT2D eigenvalue weighted by molar-refractivity contribution is 7.80. The Hall–Kier alpha value is -3.91. The van der Waals surface area contributed by atoms with Crippen LogP contribution in [-0.2, 0) is 0 Å². The van der Waals surface area contributed by atoms with Crippen LogP contribution in [-0.4, -0.2) is 26.4 Å². The quantitative estimate of drug-likeness (QED) is 0.477. The van der Waals surface area contributed by atoms with Crippen molar-refractivity contribution < 1.29 is 9.47 Å². The van der Waals surface area contributed by atoms with Crippen LogP contribution in [0.5, 0.6) is 11.5 Å². The van der Waals surface area contributed by atoms with Gasteiger partial charge in [0, 0.05) is 36.0 Å². The maximum absolute atomic E-state index is 5.83. The second-order valence-electron chi connectivity index (χ2n) is 7.55. The van der Waals surface area contributed by atoms with E-state index in [0.29, 0.717) is 10.9 Å². The molecule has 0 spiro atoms. The fourth-order valence-electron chi connectivity index (χ4n) is 4.34. The molecule has 158 valence electrons. The lowest BCUT2D eigenvalue weighted by Gasteiger charge is -2.29. The Morgan fingerprint density at radius 1 is 0.938 bits per heavy atom. The third kappa shape index (κ3) is 3.07. The summed E-state index contributed by atoms with van der Waals surface area (Å²) in [6, 6.07) is 19.7. The van der Waals surface area contributed by atoms with Crippen LogP contribution in [0.2, 0.25) is 0 Å². The van der Waals surface area contributed by atoms with Crippen molar-refractivity contribution in [3.05, 3.63) is 96.8 Å². The maximum atomic E-state index is 5.83. The maximum Gasteiger partial charge on any atom is 0.231 e. The molecule has 7 nitrogen and oxygen atoms in total. The number of hydrogen-bond acceptors (Lipinski definition) is 5. The minimum atomic E-state index is -0.145. The Morgan fingerprint density at radius 2 is 1.88 bits per heavy atom. The van der Waals surface area contributed by atoms with Crippen molar-refractivity contribution >= 4 is 23.0 Å². The number of rotatable bonds is 4. The number of nitrogens with one attached hydrogen (secondary N) is 1. The van der Waals surface area contributed by atoms with E-state index in [1.165, 1.54) is 0 Å². The molecule has 1 fully saturated rings. The minimum Gasteiger partial charge on any atom is -0.454 e. The van der Waals surface area contributed by atoms with Gasteiger partial charge in [-0.2, -0.15) is 0 Å². The Balaban J connectivity index is 1.50. The number of hydrogen-bond donors (Lipinski definition) is 1. The van der Waals surface area contributed by atoms with Gasteiger partial charge in [-0.05, 0) is 60.7 Å². The van der Waals surface area contributed by atoms with Crippen LogP contribution in [0.25, 0.3) is 5.69 Å². The molecule has 0 saturated carbocycles. The molecule has 0 radical (unpaired) electrons. The fourth-order valence-corrected chi connectivity index (χ4v) is 4.68. The van der Waals surface area contributed by atoms with Crippen molar-refractivity contribution in [2.75, 3.05) is 11.7 Å². The molecule has 8 heteroatoms. The smallest absolute Gasteiger partial charge is 0.231 e. The number of benzene rings is 1. The van der Waals surface area contributed by atoms with Crippen LogP contribution in [0, 0.1) is 0 Å². The van der Waals surface area contributed by atoms with Crippen molar-refractivity contribution in [1.29, 1.82) is 0 Å².